The minimum Gasteiger partial charge on any atom is -0.442 e. The van der Waals surface area contributed by atoms with Gasteiger partial charge in [0.15, 0.2) is 0 Å². The maximum Gasteiger partial charge on any atom is 0.435 e. The number of nitrogens with zero attached hydrogens (tertiary/aromatic N) is 3. The van der Waals surface area contributed by atoms with Crippen LogP contribution >= 0.6 is 0 Å². The number of hydrogen-bond donors (Lipinski definition) is 1. The Morgan fingerprint density at radius 1 is 1.47 bits per heavy atom. The summed E-state index contributed by atoms with van der Waals surface area (Å²) < 4.78 is 6.38. The molecule has 0 atom stereocenters. The predicted molar refractivity (Wildman–Crippen MR) is 72.0 cm³/mol. The maximum absolute atomic E-state index is 12.0. The summed E-state index contributed by atoms with van der Waals surface area (Å²) in [7, 11) is 0. The smallest absolute Gasteiger partial charge is 0.435 e. The van der Waals surface area contributed by atoms with Gasteiger partial charge in [0.05, 0.1) is 12.1 Å². The molecule has 0 amide bonds. The van der Waals surface area contributed by atoms with Gasteiger partial charge in [0.2, 0.25) is 5.69 Å². The number of aromatic nitrogens is 2. The molecule has 0 spiro atoms. The third kappa shape index (κ3) is 2.36. The lowest BCUT2D eigenvalue weighted by Gasteiger charge is -2.19. The van der Waals surface area contributed by atoms with Crippen LogP contribution in [0.25, 0.3) is 15.7 Å². The summed E-state index contributed by atoms with van der Waals surface area (Å²) in [5.74, 6) is 0. The highest BCUT2D eigenvalue weighted by Crippen LogP contribution is 2.32. The van der Waals surface area contributed by atoms with Crippen LogP contribution in [0.1, 0.15) is 20.8 Å². The second-order valence-corrected chi connectivity index (χ2v) is 5.08. The van der Waals surface area contributed by atoms with Crippen molar-refractivity contribution in [1.29, 1.82) is 0 Å². The zero-order valence-corrected chi connectivity index (χ0v) is 11.0. The summed E-state index contributed by atoms with van der Waals surface area (Å²) in [6.07, 6.45) is 0.867. The van der Waals surface area contributed by atoms with Crippen molar-refractivity contribution in [3.05, 3.63) is 29.7 Å². The molecule has 0 saturated heterocycles. The van der Waals surface area contributed by atoms with E-state index in [4.69, 9.17) is 17.0 Å². The van der Waals surface area contributed by atoms with E-state index in [9.17, 15) is 4.79 Å². The molecular formula is C13H14N4O2. The lowest BCUT2D eigenvalue weighted by molar-refractivity contribution is 0.0523. The highest BCUT2D eigenvalue weighted by molar-refractivity contribution is 6.00. The van der Waals surface area contributed by atoms with Gasteiger partial charge < -0.3 is 10.5 Å². The van der Waals surface area contributed by atoms with Crippen LogP contribution in [-0.2, 0) is 4.74 Å². The number of rotatable bonds is 0. The average molecular weight is 258 g/mol. The van der Waals surface area contributed by atoms with Gasteiger partial charge in [-0.05, 0) is 32.9 Å². The Balaban J connectivity index is 2.54. The molecule has 0 aliphatic heterocycles. The summed E-state index contributed by atoms with van der Waals surface area (Å²) in [6, 6.07) is 3.23. The van der Waals surface area contributed by atoms with Crippen molar-refractivity contribution in [3.8, 4) is 0 Å². The molecular weight excluding hydrogens is 244 g/mol. The molecule has 1 heterocycles. The fourth-order valence-electron chi connectivity index (χ4n) is 1.68. The van der Waals surface area contributed by atoms with E-state index in [2.05, 4.69) is 9.94 Å². The Hall–Kier alpha value is -2.55. The number of benzene rings is 1. The summed E-state index contributed by atoms with van der Waals surface area (Å²) in [5, 5.41) is 4.51. The van der Waals surface area contributed by atoms with E-state index >= 15 is 0 Å². The highest BCUT2D eigenvalue weighted by Gasteiger charge is 2.21. The van der Waals surface area contributed by atoms with E-state index in [1.807, 2.05) is 0 Å². The molecule has 6 nitrogen and oxygen atoms in total. The first-order chi connectivity index (χ1) is 8.83. The Morgan fingerprint density at radius 2 is 2.16 bits per heavy atom. The Bertz CT molecular complexity index is 689. The molecule has 0 bridgehead atoms. The van der Waals surface area contributed by atoms with Crippen molar-refractivity contribution in [2.24, 2.45) is 0 Å². The molecule has 19 heavy (non-hydrogen) atoms. The van der Waals surface area contributed by atoms with E-state index < -0.39 is 11.7 Å². The van der Waals surface area contributed by atoms with Gasteiger partial charge in [-0.3, -0.25) is 0 Å². The first-order valence-electron chi connectivity index (χ1n) is 5.70. The number of carbonyl (C=O) groups excluding carboxylic acids is 1. The normalized spacial score (nSPS) is 11.3. The molecule has 0 saturated carbocycles. The van der Waals surface area contributed by atoms with E-state index in [1.165, 1.54) is 6.20 Å². The number of carbonyl (C=O) groups is 1. The minimum atomic E-state index is -0.605. The molecule has 0 radical (unpaired) electrons. The largest absolute Gasteiger partial charge is 0.442 e. The molecule has 0 fully saturated rings. The number of anilines is 1. The molecule has 6 heteroatoms. The molecule has 2 rings (SSSR count). The topological polar surface area (TPSA) is 74.5 Å². The second kappa shape index (κ2) is 4.28. The zero-order valence-electron chi connectivity index (χ0n) is 11.0. The summed E-state index contributed by atoms with van der Waals surface area (Å²) in [6.45, 7) is 12.4. The molecule has 2 N–H and O–H groups in total. The van der Waals surface area contributed by atoms with E-state index in [0.717, 1.165) is 4.68 Å². The van der Waals surface area contributed by atoms with Crippen molar-refractivity contribution in [2.75, 3.05) is 5.73 Å². The van der Waals surface area contributed by atoms with Crippen LogP contribution in [-0.4, -0.2) is 21.5 Å². The lowest BCUT2D eigenvalue weighted by atomic mass is 10.2. The van der Waals surface area contributed by atoms with Gasteiger partial charge in [0, 0.05) is 17.3 Å². The van der Waals surface area contributed by atoms with E-state index in [1.54, 1.807) is 32.9 Å². The van der Waals surface area contributed by atoms with Crippen LogP contribution in [0.5, 0.6) is 0 Å². The van der Waals surface area contributed by atoms with Crippen LogP contribution in [0.4, 0.5) is 16.2 Å². The summed E-state index contributed by atoms with van der Waals surface area (Å²) in [4.78, 5) is 15.4. The van der Waals surface area contributed by atoms with Gasteiger partial charge in [0.25, 0.3) is 0 Å². The number of ether oxygens (including phenoxy) is 1. The van der Waals surface area contributed by atoms with Gasteiger partial charge in [0.1, 0.15) is 5.60 Å². The van der Waals surface area contributed by atoms with Crippen molar-refractivity contribution >= 4 is 28.4 Å². The molecule has 0 aliphatic carbocycles. The van der Waals surface area contributed by atoms with Crippen molar-refractivity contribution in [2.45, 2.75) is 26.4 Å². The van der Waals surface area contributed by atoms with E-state index in [0.29, 0.717) is 22.3 Å². The number of hydrogen-bond acceptors (Lipinski definition) is 4. The minimum absolute atomic E-state index is 0.298. The SMILES string of the molecule is [C-]#[N+]c1c(N)ccc2c1cnn2C(=O)OC(C)(C)C. The van der Waals surface area contributed by atoms with Gasteiger partial charge in [-0.25, -0.2) is 9.64 Å². The number of fused-ring (bicyclic) bond motifs is 1. The van der Waals surface area contributed by atoms with Crippen LogP contribution in [0.3, 0.4) is 0 Å². The van der Waals surface area contributed by atoms with Gasteiger partial charge in [-0.1, -0.05) is 0 Å². The van der Waals surface area contributed by atoms with Crippen molar-refractivity contribution in [3.63, 3.8) is 0 Å². The Kier molecular flexibility index (Phi) is 2.91. The fraction of sp³-hybridized carbons (Fsp3) is 0.308. The summed E-state index contributed by atoms with van der Waals surface area (Å²) in [5.41, 5.74) is 6.29. The van der Waals surface area contributed by atoms with Gasteiger partial charge in [-0.15, -0.1) is 0 Å². The average Bonchev–Trinajstić information content (AvgIpc) is 2.70. The maximum atomic E-state index is 12.0. The third-order valence-electron chi connectivity index (χ3n) is 2.43. The number of nitrogen functional groups attached to an aromatic ring is 1. The molecule has 0 aliphatic rings. The van der Waals surface area contributed by atoms with E-state index in [-0.39, 0.29) is 0 Å². The Morgan fingerprint density at radius 3 is 2.74 bits per heavy atom. The quantitative estimate of drug-likeness (QED) is 0.582. The van der Waals surface area contributed by atoms with Gasteiger partial charge >= 0.3 is 6.09 Å². The summed E-state index contributed by atoms with van der Waals surface area (Å²) >= 11 is 0. The van der Waals surface area contributed by atoms with Crippen LogP contribution in [0, 0.1) is 6.57 Å². The zero-order chi connectivity index (χ0) is 14.2. The van der Waals surface area contributed by atoms with Crippen LogP contribution < -0.4 is 5.73 Å². The van der Waals surface area contributed by atoms with Gasteiger partial charge in [-0.2, -0.15) is 9.78 Å². The molecule has 98 valence electrons. The highest BCUT2D eigenvalue weighted by atomic mass is 16.6. The number of nitrogens with two attached hydrogens (primary N) is 1. The standard InChI is InChI=1S/C13H14N4O2/c1-13(2,3)19-12(18)17-10-6-5-9(14)11(15-4)8(10)7-16-17/h5-7H,14H2,1-3H3. The van der Waals surface area contributed by atoms with Crippen molar-refractivity contribution in [1.82, 2.24) is 9.78 Å². The third-order valence-corrected chi connectivity index (χ3v) is 2.43. The molecule has 2 aromatic rings. The monoisotopic (exact) mass is 258 g/mol. The van der Waals surface area contributed by atoms with Crippen LogP contribution in [0.15, 0.2) is 18.3 Å². The second-order valence-electron chi connectivity index (χ2n) is 5.08. The van der Waals surface area contributed by atoms with Crippen molar-refractivity contribution < 1.29 is 9.53 Å². The fourth-order valence-corrected chi connectivity index (χ4v) is 1.68. The molecule has 1 aromatic carbocycles. The Labute approximate surface area is 110 Å². The first kappa shape index (κ1) is 12.9. The molecule has 1 aromatic heterocycles. The predicted octanol–water partition coefficient (Wildman–Crippen LogP) is 2.95. The molecule has 0 unspecified atom stereocenters. The lowest BCUT2D eigenvalue weighted by Crippen LogP contribution is -2.27. The van der Waals surface area contributed by atoms with Crippen LogP contribution in [0.2, 0.25) is 0 Å². The first-order valence-corrected chi connectivity index (χ1v) is 5.70.